The van der Waals surface area contributed by atoms with Gasteiger partial charge < -0.3 is 20.4 Å². The first-order valence-electron chi connectivity index (χ1n) is 11.1. The number of urea groups is 1. The Balaban J connectivity index is 1.30. The van der Waals surface area contributed by atoms with Crippen molar-refractivity contribution in [2.75, 3.05) is 26.2 Å². The average molecular weight is 455 g/mol. The molecule has 0 fully saturated rings. The minimum atomic E-state index is -0.403. The maximum Gasteiger partial charge on any atom is 0.323 e. The lowest BCUT2D eigenvalue weighted by molar-refractivity contribution is 0.0951. The predicted octanol–water partition coefficient (Wildman–Crippen LogP) is 3.48. The number of Topliss-reactive ketones (excluding diaryl/α,β-unsaturated/α-hetero) is 2. The fraction of sp³-hybridized carbons (Fsp3) is 0.148. The second-order valence-electron chi connectivity index (χ2n) is 7.99. The number of allylic oxidation sites excluding steroid dienone is 2. The van der Waals surface area contributed by atoms with E-state index in [4.69, 9.17) is 0 Å². The highest BCUT2D eigenvalue weighted by Crippen LogP contribution is 2.10. The van der Waals surface area contributed by atoms with E-state index < -0.39 is 6.03 Å². The van der Waals surface area contributed by atoms with Crippen LogP contribution in [0.15, 0.2) is 109 Å². The number of amides is 2. The van der Waals surface area contributed by atoms with E-state index in [2.05, 4.69) is 10.6 Å². The molecule has 0 radical (unpaired) electrons. The van der Waals surface area contributed by atoms with Gasteiger partial charge in [0.1, 0.15) is 0 Å². The summed E-state index contributed by atoms with van der Waals surface area (Å²) in [4.78, 5) is 41.2. The van der Waals surface area contributed by atoms with Crippen LogP contribution in [-0.2, 0) is 0 Å². The van der Waals surface area contributed by atoms with Crippen LogP contribution in [0.5, 0.6) is 0 Å². The fourth-order valence-corrected chi connectivity index (χ4v) is 3.68. The number of nitrogens with zero attached hydrogens (tertiary/aromatic N) is 2. The molecule has 2 amide bonds. The number of ketones is 2. The van der Waals surface area contributed by atoms with Gasteiger partial charge in [-0.15, -0.1) is 0 Å². The summed E-state index contributed by atoms with van der Waals surface area (Å²) in [5, 5.41) is 5.60. The van der Waals surface area contributed by atoms with E-state index in [9.17, 15) is 14.4 Å². The lowest BCUT2D eigenvalue weighted by Gasteiger charge is -2.24. The zero-order valence-electron chi connectivity index (χ0n) is 18.7. The van der Waals surface area contributed by atoms with Crippen molar-refractivity contribution in [3.05, 3.63) is 120 Å². The molecule has 2 heterocycles. The molecule has 172 valence electrons. The van der Waals surface area contributed by atoms with E-state index >= 15 is 0 Å². The van der Waals surface area contributed by atoms with Gasteiger partial charge in [0.2, 0.25) is 0 Å². The molecule has 0 atom stereocenters. The molecule has 2 aliphatic heterocycles. The molecule has 0 spiro atoms. The maximum atomic E-state index is 12.5. The molecule has 2 aromatic rings. The Morgan fingerprint density at radius 1 is 0.647 bits per heavy atom. The van der Waals surface area contributed by atoms with Crippen LogP contribution in [0.2, 0.25) is 0 Å². The van der Waals surface area contributed by atoms with Crippen molar-refractivity contribution in [1.82, 2.24) is 20.4 Å². The van der Waals surface area contributed by atoms with Gasteiger partial charge in [0.25, 0.3) is 0 Å². The quantitative estimate of drug-likeness (QED) is 0.597. The second-order valence-corrected chi connectivity index (χ2v) is 7.99. The SMILES string of the molecule is O=C(NC1=CN(CC(=O)c2ccccc2)CC=C1)NC1=CN(CC(=O)c2ccccc2)CC=C1. The van der Waals surface area contributed by atoms with Gasteiger partial charge in [-0.1, -0.05) is 72.8 Å². The molecule has 7 nitrogen and oxygen atoms in total. The van der Waals surface area contributed by atoms with E-state index in [0.717, 1.165) is 0 Å². The van der Waals surface area contributed by atoms with Crippen molar-refractivity contribution >= 4 is 17.6 Å². The molecule has 0 saturated carbocycles. The van der Waals surface area contributed by atoms with Crippen molar-refractivity contribution in [2.45, 2.75) is 0 Å². The van der Waals surface area contributed by atoms with Gasteiger partial charge in [0.15, 0.2) is 11.6 Å². The molecule has 2 aliphatic rings. The highest BCUT2D eigenvalue weighted by atomic mass is 16.2. The molecular weight excluding hydrogens is 428 g/mol. The standard InChI is InChI=1S/C27H26N4O3/c32-25(21-9-3-1-4-10-21)19-30-15-7-13-23(17-30)28-27(34)29-24-14-8-16-31(18-24)20-26(33)22-11-5-2-6-12-22/h1-14,17-18H,15-16,19-20H2,(H2,28,29,34). The van der Waals surface area contributed by atoms with Crippen LogP contribution >= 0.6 is 0 Å². The van der Waals surface area contributed by atoms with E-state index in [1.165, 1.54) is 0 Å². The Morgan fingerprint density at radius 3 is 1.47 bits per heavy atom. The highest BCUT2D eigenvalue weighted by Gasteiger charge is 2.15. The molecule has 0 saturated heterocycles. The fourth-order valence-electron chi connectivity index (χ4n) is 3.68. The first kappa shape index (κ1) is 22.8. The summed E-state index contributed by atoms with van der Waals surface area (Å²) >= 11 is 0. The highest BCUT2D eigenvalue weighted by molar-refractivity contribution is 5.98. The molecule has 0 aromatic heterocycles. The Kier molecular flexibility index (Phi) is 7.35. The molecule has 0 bridgehead atoms. The molecule has 0 aliphatic carbocycles. The van der Waals surface area contributed by atoms with Gasteiger partial charge in [-0.3, -0.25) is 9.59 Å². The number of carbonyl (C=O) groups is 3. The van der Waals surface area contributed by atoms with Gasteiger partial charge in [-0.25, -0.2) is 4.79 Å². The van der Waals surface area contributed by atoms with Gasteiger partial charge in [0, 0.05) is 36.6 Å². The minimum absolute atomic E-state index is 0.0126. The van der Waals surface area contributed by atoms with Crippen LogP contribution < -0.4 is 10.6 Å². The zero-order valence-corrected chi connectivity index (χ0v) is 18.7. The summed E-state index contributed by atoms with van der Waals surface area (Å²) in [6.07, 6.45) is 10.9. The van der Waals surface area contributed by atoms with Crippen molar-refractivity contribution in [2.24, 2.45) is 0 Å². The number of nitrogens with one attached hydrogen (secondary N) is 2. The normalized spacial score (nSPS) is 14.8. The molecule has 2 aromatic carbocycles. The van der Waals surface area contributed by atoms with Gasteiger partial charge in [-0.05, 0) is 12.2 Å². The first-order valence-corrected chi connectivity index (χ1v) is 11.1. The summed E-state index contributed by atoms with van der Waals surface area (Å²) < 4.78 is 0. The third-order valence-electron chi connectivity index (χ3n) is 5.32. The van der Waals surface area contributed by atoms with Crippen LogP contribution in [0.25, 0.3) is 0 Å². The van der Waals surface area contributed by atoms with Gasteiger partial charge in [-0.2, -0.15) is 0 Å². The second kappa shape index (κ2) is 11.0. The van der Waals surface area contributed by atoms with E-state index in [-0.39, 0.29) is 24.7 Å². The molecule has 0 unspecified atom stereocenters. The lowest BCUT2D eigenvalue weighted by atomic mass is 10.1. The summed E-state index contributed by atoms with van der Waals surface area (Å²) in [5.74, 6) is 0.0252. The first-order chi connectivity index (χ1) is 16.6. The Morgan fingerprint density at radius 2 is 1.06 bits per heavy atom. The zero-order chi connectivity index (χ0) is 23.8. The summed E-state index contributed by atoms with van der Waals surface area (Å²) in [7, 11) is 0. The predicted molar refractivity (Wildman–Crippen MR) is 131 cm³/mol. The van der Waals surface area contributed by atoms with E-state index in [1.807, 2.05) is 58.4 Å². The number of benzene rings is 2. The van der Waals surface area contributed by atoms with Crippen molar-refractivity contribution < 1.29 is 14.4 Å². The van der Waals surface area contributed by atoms with Crippen molar-refractivity contribution in [1.29, 1.82) is 0 Å². The van der Waals surface area contributed by atoms with E-state index in [0.29, 0.717) is 35.6 Å². The number of hydrogen-bond acceptors (Lipinski definition) is 5. The Labute approximate surface area is 198 Å². The number of hydrogen-bond donors (Lipinski definition) is 2. The number of rotatable bonds is 8. The monoisotopic (exact) mass is 454 g/mol. The van der Waals surface area contributed by atoms with Crippen LogP contribution in [0.1, 0.15) is 20.7 Å². The van der Waals surface area contributed by atoms with E-state index in [1.54, 1.807) is 48.8 Å². The number of carbonyl (C=O) groups excluding carboxylic acids is 3. The molecule has 7 heteroatoms. The molecule has 2 N–H and O–H groups in total. The van der Waals surface area contributed by atoms with Gasteiger partial charge >= 0.3 is 6.03 Å². The van der Waals surface area contributed by atoms with Gasteiger partial charge in [0.05, 0.1) is 24.5 Å². The van der Waals surface area contributed by atoms with Crippen molar-refractivity contribution in [3.8, 4) is 0 Å². The maximum absolute atomic E-state index is 12.5. The third kappa shape index (κ3) is 6.32. The smallest absolute Gasteiger partial charge is 0.323 e. The third-order valence-corrected chi connectivity index (χ3v) is 5.32. The van der Waals surface area contributed by atoms with Crippen LogP contribution in [0.3, 0.4) is 0 Å². The average Bonchev–Trinajstić information content (AvgIpc) is 2.85. The molecular formula is C27H26N4O3. The minimum Gasteiger partial charge on any atom is -0.364 e. The van der Waals surface area contributed by atoms with Crippen LogP contribution in [-0.4, -0.2) is 53.6 Å². The lowest BCUT2D eigenvalue weighted by Crippen LogP contribution is -2.38. The summed E-state index contributed by atoms with van der Waals surface area (Å²) in [5.41, 5.74) is 2.48. The Bertz CT molecular complexity index is 1080. The Hall–Kier alpha value is -4.39. The molecule has 4 rings (SSSR count). The molecule has 34 heavy (non-hydrogen) atoms. The van der Waals surface area contributed by atoms with Crippen LogP contribution in [0.4, 0.5) is 4.79 Å². The summed E-state index contributed by atoms with van der Waals surface area (Å²) in [6, 6.07) is 17.9. The van der Waals surface area contributed by atoms with Crippen molar-refractivity contribution in [3.63, 3.8) is 0 Å². The topological polar surface area (TPSA) is 81.8 Å². The summed E-state index contributed by atoms with van der Waals surface area (Å²) in [6.45, 7) is 1.62. The largest absolute Gasteiger partial charge is 0.364 e. The van der Waals surface area contributed by atoms with Crippen LogP contribution in [0, 0.1) is 0 Å².